The number of nitrogens with zero attached hydrogens (tertiary/aromatic N) is 6. The zero-order valence-electron chi connectivity index (χ0n) is 18.0. The molecule has 4 heterocycles. The molecule has 0 spiro atoms. The molecule has 9 heteroatoms. The lowest BCUT2D eigenvalue weighted by molar-refractivity contribution is -0.129. The average molecular weight is 433 g/mol. The molecule has 4 aromatic rings. The van der Waals surface area contributed by atoms with E-state index in [4.69, 9.17) is 4.98 Å². The molecule has 0 saturated carbocycles. The summed E-state index contributed by atoms with van der Waals surface area (Å²) in [4.78, 5) is 24.9. The number of piperazine rings is 1. The molecule has 1 unspecified atom stereocenters. The number of pyridine rings is 1. The molecule has 1 N–H and O–H groups in total. The Kier molecular flexibility index (Phi) is 5.08. The first-order valence-electron chi connectivity index (χ1n) is 10.7. The van der Waals surface area contributed by atoms with Gasteiger partial charge in [-0.3, -0.25) is 4.79 Å². The monoisotopic (exact) mass is 433 g/mol. The molecule has 32 heavy (non-hydrogen) atoms. The lowest BCUT2D eigenvalue weighted by Gasteiger charge is -2.36. The third-order valence-corrected chi connectivity index (χ3v) is 5.93. The molecule has 1 fully saturated rings. The number of aromatic nitrogens is 4. The molecular formula is C23H24FN7O. The third-order valence-electron chi connectivity index (χ3n) is 5.93. The molecule has 1 saturated heterocycles. The van der Waals surface area contributed by atoms with Gasteiger partial charge in [0.2, 0.25) is 5.91 Å². The van der Waals surface area contributed by atoms with Crippen LogP contribution in [0, 0.1) is 5.82 Å². The number of amides is 1. The van der Waals surface area contributed by atoms with Gasteiger partial charge in [-0.15, -0.1) is 0 Å². The summed E-state index contributed by atoms with van der Waals surface area (Å²) in [6.45, 7) is 6.28. The van der Waals surface area contributed by atoms with Crippen LogP contribution in [0.5, 0.6) is 0 Å². The zero-order valence-corrected chi connectivity index (χ0v) is 18.0. The Hall–Kier alpha value is -3.75. The minimum Gasteiger partial charge on any atom is -0.363 e. The van der Waals surface area contributed by atoms with Crippen LogP contribution in [0.3, 0.4) is 0 Å². The van der Waals surface area contributed by atoms with Crippen molar-refractivity contribution < 1.29 is 9.18 Å². The largest absolute Gasteiger partial charge is 0.363 e. The maximum absolute atomic E-state index is 13.9. The van der Waals surface area contributed by atoms with Gasteiger partial charge in [0.15, 0.2) is 5.65 Å². The number of hydrogen-bond donors (Lipinski definition) is 1. The summed E-state index contributed by atoms with van der Waals surface area (Å²) in [6.07, 6.45) is 3.46. The Bertz CT molecular complexity index is 1300. The predicted octanol–water partition coefficient (Wildman–Crippen LogP) is 3.26. The number of benzene rings is 1. The van der Waals surface area contributed by atoms with Gasteiger partial charge in [0.25, 0.3) is 0 Å². The lowest BCUT2D eigenvalue weighted by Crippen LogP contribution is -2.48. The number of fused-ring (bicyclic) bond motifs is 2. The van der Waals surface area contributed by atoms with E-state index in [0.29, 0.717) is 31.7 Å². The summed E-state index contributed by atoms with van der Waals surface area (Å²) in [6, 6.07) is 10.4. The normalized spacial score (nSPS) is 15.3. The fraction of sp³-hybridized carbons (Fsp3) is 0.304. The van der Waals surface area contributed by atoms with Crippen LogP contribution in [0.1, 0.15) is 25.5 Å². The average Bonchev–Trinajstić information content (AvgIpc) is 3.28. The molecule has 164 valence electrons. The molecule has 8 nitrogen and oxygen atoms in total. The first-order chi connectivity index (χ1) is 15.5. The van der Waals surface area contributed by atoms with Gasteiger partial charge in [-0.1, -0.05) is 0 Å². The summed E-state index contributed by atoms with van der Waals surface area (Å²) in [5, 5.41) is 8.75. The number of rotatable bonds is 4. The first-order valence-corrected chi connectivity index (χ1v) is 10.7. The van der Waals surface area contributed by atoms with E-state index in [1.807, 2.05) is 17.0 Å². The van der Waals surface area contributed by atoms with Gasteiger partial charge in [0, 0.05) is 62.4 Å². The molecule has 1 amide bonds. The lowest BCUT2D eigenvalue weighted by atomic mass is 10.0. The van der Waals surface area contributed by atoms with Crippen LogP contribution in [0.25, 0.3) is 16.6 Å². The van der Waals surface area contributed by atoms with E-state index in [1.165, 1.54) is 12.1 Å². The Morgan fingerprint density at radius 1 is 1.09 bits per heavy atom. The topological polar surface area (TPSA) is 78.7 Å². The molecule has 1 aromatic carbocycles. The van der Waals surface area contributed by atoms with E-state index in [2.05, 4.69) is 33.3 Å². The molecule has 1 aliphatic heterocycles. The standard InChI is InChI=1S/C23H24FN7O/c1-15(27-22-5-7-25-21-6-8-26-31(21)22)19-13-17-3-4-18(24)14-20(17)28-23(19)30-11-9-29(10-12-30)16(2)32/h3-8,13-15,27H,9-12H2,1-2H3. The predicted molar refractivity (Wildman–Crippen MR) is 121 cm³/mol. The molecule has 1 aliphatic rings. The van der Waals surface area contributed by atoms with Crippen LogP contribution in [0.2, 0.25) is 0 Å². The molecule has 1 atom stereocenters. The first kappa shape index (κ1) is 20.2. The van der Waals surface area contributed by atoms with E-state index < -0.39 is 0 Å². The smallest absolute Gasteiger partial charge is 0.219 e. The number of halogens is 1. The molecule has 0 aliphatic carbocycles. The summed E-state index contributed by atoms with van der Waals surface area (Å²) in [5.41, 5.74) is 2.37. The highest BCUT2D eigenvalue weighted by Gasteiger charge is 2.24. The highest BCUT2D eigenvalue weighted by atomic mass is 19.1. The number of hydrogen-bond acceptors (Lipinski definition) is 6. The van der Waals surface area contributed by atoms with Gasteiger partial charge in [0.1, 0.15) is 17.5 Å². The van der Waals surface area contributed by atoms with Crippen molar-refractivity contribution in [3.05, 3.63) is 60.2 Å². The second-order valence-corrected chi connectivity index (χ2v) is 8.03. The van der Waals surface area contributed by atoms with Crippen LogP contribution < -0.4 is 10.2 Å². The number of anilines is 2. The molecule has 0 radical (unpaired) electrons. The number of nitrogens with one attached hydrogen (secondary N) is 1. The van der Waals surface area contributed by atoms with Crippen LogP contribution in [0.15, 0.2) is 48.8 Å². The molecule has 0 bridgehead atoms. The van der Waals surface area contributed by atoms with Crippen molar-refractivity contribution in [2.45, 2.75) is 19.9 Å². The van der Waals surface area contributed by atoms with Gasteiger partial charge in [0.05, 0.1) is 17.8 Å². The Labute approximate surface area is 184 Å². The van der Waals surface area contributed by atoms with Gasteiger partial charge in [-0.05, 0) is 31.2 Å². The van der Waals surface area contributed by atoms with Crippen molar-refractivity contribution in [3.63, 3.8) is 0 Å². The van der Waals surface area contributed by atoms with Crippen LogP contribution in [0.4, 0.5) is 16.0 Å². The Balaban J connectivity index is 1.53. The van der Waals surface area contributed by atoms with E-state index in [-0.39, 0.29) is 17.8 Å². The maximum atomic E-state index is 13.9. The van der Waals surface area contributed by atoms with Crippen molar-refractivity contribution >= 4 is 34.1 Å². The Morgan fingerprint density at radius 3 is 2.69 bits per heavy atom. The highest BCUT2D eigenvalue weighted by molar-refractivity contribution is 5.82. The highest BCUT2D eigenvalue weighted by Crippen LogP contribution is 2.31. The molecule has 3 aromatic heterocycles. The Morgan fingerprint density at radius 2 is 1.91 bits per heavy atom. The van der Waals surface area contributed by atoms with E-state index >= 15 is 0 Å². The van der Waals surface area contributed by atoms with E-state index in [1.54, 1.807) is 29.9 Å². The van der Waals surface area contributed by atoms with Crippen molar-refractivity contribution in [2.24, 2.45) is 0 Å². The van der Waals surface area contributed by atoms with Crippen LogP contribution >= 0.6 is 0 Å². The maximum Gasteiger partial charge on any atom is 0.219 e. The van der Waals surface area contributed by atoms with Crippen LogP contribution in [-0.4, -0.2) is 56.6 Å². The summed E-state index contributed by atoms with van der Waals surface area (Å²) in [7, 11) is 0. The van der Waals surface area contributed by atoms with Gasteiger partial charge >= 0.3 is 0 Å². The second-order valence-electron chi connectivity index (χ2n) is 8.03. The van der Waals surface area contributed by atoms with Crippen molar-refractivity contribution in [2.75, 3.05) is 36.4 Å². The quantitative estimate of drug-likeness (QED) is 0.532. The van der Waals surface area contributed by atoms with E-state index in [0.717, 1.165) is 28.2 Å². The number of carbonyl (C=O) groups is 1. The van der Waals surface area contributed by atoms with Gasteiger partial charge in [-0.2, -0.15) is 9.61 Å². The van der Waals surface area contributed by atoms with Crippen molar-refractivity contribution in [1.29, 1.82) is 0 Å². The minimum atomic E-state index is -0.311. The minimum absolute atomic E-state index is 0.0781. The zero-order chi connectivity index (χ0) is 22.2. The van der Waals surface area contributed by atoms with Crippen molar-refractivity contribution in [1.82, 2.24) is 24.5 Å². The second kappa shape index (κ2) is 8.07. The summed E-state index contributed by atoms with van der Waals surface area (Å²) in [5.74, 6) is 1.39. The van der Waals surface area contributed by atoms with Crippen molar-refractivity contribution in [3.8, 4) is 0 Å². The SMILES string of the molecule is CC(=O)N1CCN(c2nc3cc(F)ccc3cc2C(C)Nc2ccnc3ccnn23)CC1. The van der Waals surface area contributed by atoms with Gasteiger partial charge in [-0.25, -0.2) is 14.4 Å². The van der Waals surface area contributed by atoms with Gasteiger partial charge < -0.3 is 15.1 Å². The molecular weight excluding hydrogens is 409 g/mol. The molecule has 5 rings (SSSR count). The number of carbonyl (C=O) groups excluding carboxylic acids is 1. The van der Waals surface area contributed by atoms with Crippen LogP contribution in [-0.2, 0) is 4.79 Å². The summed E-state index contributed by atoms with van der Waals surface area (Å²) >= 11 is 0. The third kappa shape index (κ3) is 3.70. The van der Waals surface area contributed by atoms with E-state index in [9.17, 15) is 9.18 Å². The fourth-order valence-corrected chi connectivity index (χ4v) is 4.19. The fourth-order valence-electron chi connectivity index (χ4n) is 4.19. The summed E-state index contributed by atoms with van der Waals surface area (Å²) < 4.78 is 15.6.